The molecule has 2 amide bonds. The molecule has 1 fully saturated rings. The maximum absolute atomic E-state index is 13.6. The van der Waals surface area contributed by atoms with Gasteiger partial charge in [0, 0.05) is 32.0 Å². The highest BCUT2D eigenvalue weighted by molar-refractivity contribution is 5.97. The highest BCUT2D eigenvalue weighted by Crippen LogP contribution is 2.24. The number of piperidine rings is 1. The van der Waals surface area contributed by atoms with E-state index in [0.717, 1.165) is 5.56 Å². The van der Waals surface area contributed by atoms with Crippen LogP contribution in [0.5, 0.6) is 0 Å². The third-order valence-electron chi connectivity index (χ3n) is 6.35. The van der Waals surface area contributed by atoms with E-state index < -0.39 is 0 Å². The van der Waals surface area contributed by atoms with Crippen molar-refractivity contribution in [3.05, 3.63) is 102 Å². The van der Waals surface area contributed by atoms with E-state index in [1.807, 2.05) is 24.5 Å². The summed E-state index contributed by atoms with van der Waals surface area (Å²) in [7, 11) is 0. The molecule has 36 heavy (non-hydrogen) atoms. The molecule has 1 aliphatic heterocycles. The average molecular weight is 490 g/mol. The molecule has 2 aromatic carbocycles. The fraction of sp³-hybridized carbons (Fsp3) is 0.222. The number of halogens is 2. The van der Waals surface area contributed by atoms with Gasteiger partial charge in [-0.2, -0.15) is 5.10 Å². The van der Waals surface area contributed by atoms with Crippen LogP contribution in [-0.2, 0) is 11.3 Å². The van der Waals surface area contributed by atoms with Crippen molar-refractivity contribution < 1.29 is 18.4 Å². The van der Waals surface area contributed by atoms with Crippen molar-refractivity contribution in [1.82, 2.24) is 24.6 Å². The van der Waals surface area contributed by atoms with Gasteiger partial charge in [0.15, 0.2) is 5.82 Å². The second-order valence-corrected chi connectivity index (χ2v) is 8.79. The van der Waals surface area contributed by atoms with Crippen LogP contribution in [0.1, 0.15) is 28.8 Å². The Balaban J connectivity index is 1.34. The first-order valence-electron chi connectivity index (χ1n) is 11.8. The molecule has 0 unspecified atom stereocenters. The fourth-order valence-corrected chi connectivity index (χ4v) is 4.47. The maximum atomic E-state index is 13.6. The minimum absolute atomic E-state index is 0.135. The molecular weight excluding hydrogens is 464 g/mol. The Morgan fingerprint density at radius 1 is 0.972 bits per heavy atom. The molecule has 1 saturated heterocycles. The van der Waals surface area contributed by atoms with Crippen LogP contribution in [0.25, 0.3) is 11.5 Å². The van der Waals surface area contributed by atoms with Crippen molar-refractivity contribution >= 4 is 11.8 Å². The first kappa shape index (κ1) is 23.5. The van der Waals surface area contributed by atoms with E-state index in [9.17, 15) is 18.4 Å². The lowest BCUT2D eigenvalue weighted by Crippen LogP contribution is -2.45. The summed E-state index contributed by atoms with van der Waals surface area (Å²) in [5.74, 6) is -0.840. The fourth-order valence-electron chi connectivity index (χ4n) is 4.47. The summed E-state index contributed by atoms with van der Waals surface area (Å²) in [6, 6.07) is 15.6. The van der Waals surface area contributed by atoms with E-state index in [1.165, 1.54) is 30.5 Å². The lowest BCUT2D eigenvalue weighted by atomic mass is 9.96. The summed E-state index contributed by atoms with van der Waals surface area (Å²) in [4.78, 5) is 28.2. The summed E-state index contributed by atoms with van der Waals surface area (Å²) < 4.78 is 30.0. The Kier molecular flexibility index (Phi) is 6.62. The minimum Gasteiger partial charge on any atom is -0.352 e. The lowest BCUT2D eigenvalue weighted by Gasteiger charge is -2.32. The van der Waals surface area contributed by atoms with Crippen LogP contribution < -0.4 is 5.32 Å². The second kappa shape index (κ2) is 10.2. The van der Waals surface area contributed by atoms with E-state index in [4.69, 9.17) is 0 Å². The first-order valence-corrected chi connectivity index (χ1v) is 11.8. The van der Waals surface area contributed by atoms with Crippen LogP contribution >= 0.6 is 0 Å². The smallest absolute Gasteiger partial charge is 0.259 e. The largest absolute Gasteiger partial charge is 0.352 e. The summed E-state index contributed by atoms with van der Waals surface area (Å²) in [6.07, 6.45) is 6.52. The van der Waals surface area contributed by atoms with E-state index >= 15 is 0 Å². The zero-order chi connectivity index (χ0) is 25.1. The Labute approximate surface area is 207 Å². The van der Waals surface area contributed by atoms with Gasteiger partial charge in [-0.05, 0) is 66.9 Å². The SMILES string of the molecule is O=C(NCc1ccc(F)cc1)[C@@H]1CCCN(C(=O)c2cnn(-c3ccc(F)cc3)c2-n2cccc2)C1. The number of carbonyl (C=O) groups is 2. The summed E-state index contributed by atoms with van der Waals surface area (Å²) >= 11 is 0. The molecule has 184 valence electrons. The van der Waals surface area contributed by atoms with Gasteiger partial charge in [-0.1, -0.05) is 12.1 Å². The van der Waals surface area contributed by atoms with Gasteiger partial charge in [-0.15, -0.1) is 0 Å². The van der Waals surface area contributed by atoms with Crippen LogP contribution in [0, 0.1) is 17.6 Å². The number of benzene rings is 2. The molecule has 0 saturated carbocycles. The van der Waals surface area contributed by atoms with Crippen molar-refractivity contribution in [3.63, 3.8) is 0 Å². The van der Waals surface area contributed by atoms with Crippen molar-refractivity contribution in [2.75, 3.05) is 13.1 Å². The number of likely N-dealkylation sites (tertiary alicyclic amines) is 1. The Morgan fingerprint density at radius 2 is 1.64 bits per heavy atom. The van der Waals surface area contributed by atoms with Crippen molar-refractivity contribution in [2.45, 2.75) is 19.4 Å². The normalized spacial score (nSPS) is 15.6. The van der Waals surface area contributed by atoms with E-state index in [0.29, 0.717) is 49.5 Å². The van der Waals surface area contributed by atoms with Crippen LogP contribution in [-0.4, -0.2) is 44.2 Å². The molecule has 5 rings (SSSR count). The molecule has 7 nitrogen and oxygen atoms in total. The van der Waals surface area contributed by atoms with Crippen LogP contribution in [0.4, 0.5) is 8.78 Å². The summed E-state index contributed by atoms with van der Waals surface area (Å²) in [5, 5.41) is 7.33. The van der Waals surface area contributed by atoms with Crippen molar-refractivity contribution in [1.29, 1.82) is 0 Å². The standard InChI is InChI=1S/C27H25F2N5O2/c28-21-7-5-19(6-8-21)16-30-25(35)20-4-3-15-33(18-20)27(36)24-17-31-34(23-11-9-22(29)10-12-23)26(24)32-13-1-2-14-32/h1-2,5-14,17,20H,3-4,15-16,18H2,(H,30,35)/t20-/m1/s1. The number of hydrogen-bond donors (Lipinski definition) is 1. The molecule has 1 N–H and O–H groups in total. The molecule has 1 atom stereocenters. The van der Waals surface area contributed by atoms with Gasteiger partial charge in [0.2, 0.25) is 5.91 Å². The Morgan fingerprint density at radius 3 is 2.33 bits per heavy atom. The predicted octanol–water partition coefficient (Wildman–Crippen LogP) is 4.11. The third kappa shape index (κ3) is 4.91. The van der Waals surface area contributed by atoms with Crippen molar-refractivity contribution in [2.24, 2.45) is 5.92 Å². The van der Waals surface area contributed by atoms with Gasteiger partial charge in [0.1, 0.15) is 17.2 Å². The third-order valence-corrected chi connectivity index (χ3v) is 6.35. The quantitative estimate of drug-likeness (QED) is 0.443. The van der Waals surface area contributed by atoms with Crippen LogP contribution in [0.3, 0.4) is 0 Å². The van der Waals surface area contributed by atoms with Gasteiger partial charge in [0.05, 0.1) is 17.8 Å². The average Bonchev–Trinajstić information content (AvgIpc) is 3.58. The molecule has 9 heteroatoms. The number of rotatable bonds is 6. The van der Waals surface area contributed by atoms with Gasteiger partial charge >= 0.3 is 0 Å². The van der Waals surface area contributed by atoms with Gasteiger partial charge in [-0.3, -0.25) is 9.59 Å². The molecule has 0 bridgehead atoms. The van der Waals surface area contributed by atoms with Gasteiger partial charge in [0.25, 0.3) is 5.91 Å². The lowest BCUT2D eigenvalue weighted by molar-refractivity contribution is -0.126. The summed E-state index contributed by atoms with van der Waals surface area (Å²) in [6.45, 7) is 1.13. The number of carbonyl (C=O) groups excluding carboxylic acids is 2. The number of hydrogen-bond acceptors (Lipinski definition) is 3. The zero-order valence-electron chi connectivity index (χ0n) is 19.5. The number of amides is 2. The highest BCUT2D eigenvalue weighted by Gasteiger charge is 2.31. The first-order chi connectivity index (χ1) is 17.5. The molecule has 0 aliphatic carbocycles. The molecule has 4 aromatic rings. The van der Waals surface area contributed by atoms with Crippen LogP contribution in [0.2, 0.25) is 0 Å². The second-order valence-electron chi connectivity index (χ2n) is 8.79. The van der Waals surface area contributed by atoms with Crippen molar-refractivity contribution in [3.8, 4) is 11.5 Å². The molecule has 0 radical (unpaired) electrons. The van der Waals surface area contributed by atoms with Gasteiger partial charge < -0.3 is 14.8 Å². The van der Waals surface area contributed by atoms with Crippen LogP contribution in [0.15, 0.2) is 79.3 Å². The summed E-state index contributed by atoms with van der Waals surface area (Å²) in [5.41, 5.74) is 1.82. The zero-order valence-corrected chi connectivity index (χ0v) is 19.5. The van der Waals surface area contributed by atoms with E-state index in [-0.39, 0.29) is 29.4 Å². The number of nitrogens with zero attached hydrogens (tertiary/aromatic N) is 4. The number of aromatic nitrogens is 3. The monoisotopic (exact) mass is 489 g/mol. The van der Waals surface area contributed by atoms with E-state index in [2.05, 4.69) is 10.4 Å². The molecule has 1 aliphatic rings. The highest BCUT2D eigenvalue weighted by atomic mass is 19.1. The number of nitrogens with one attached hydrogen (secondary N) is 1. The predicted molar refractivity (Wildman–Crippen MR) is 130 cm³/mol. The van der Waals surface area contributed by atoms with E-state index in [1.54, 1.807) is 38.4 Å². The maximum Gasteiger partial charge on any atom is 0.259 e. The Hall–Kier alpha value is -4.27. The minimum atomic E-state index is -0.359. The topological polar surface area (TPSA) is 72.2 Å². The molecule has 3 heterocycles. The Bertz CT molecular complexity index is 1350. The van der Waals surface area contributed by atoms with Gasteiger partial charge in [-0.25, -0.2) is 13.5 Å². The molecule has 0 spiro atoms. The molecule has 2 aromatic heterocycles. The molecular formula is C27H25F2N5O2.